The molecule has 118 valence electrons. The molecule has 0 saturated heterocycles. The topological polar surface area (TPSA) is 97.1 Å². The van der Waals surface area contributed by atoms with Crippen molar-refractivity contribution >= 4 is 34.9 Å². The van der Waals surface area contributed by atoms with Gasteiger partial charge in [-0.25, -0.2) is 0 Å². The summed E-state index contributed by atoms with van der Waals surface area (Å²) in [6.45, 7) is 3.68. The molecule has 0 aromatic carbocycles. The van der Waals surface area contributed by atoms with E-state index >= 15 is 0 Å². The zero-order chi connectivity index (χ0) is 15.9. The Morgan fingerprint density at radius 2 is 2.18 bits per heavy atom. The first kappa shape index (κ1) is 16.5. The minimum atomic E-state index is -0.264. The average molecular weight is 340 g/mol. The van der Waals surface area contributed by atoms with Crippen molar-refractivity contribution in [2.24, 2.45) is 0 Å². The van der Waals surface area contributed by atoms with Crippen molar-refractivity contribution in [1.82, 2.24) is 20.8 Å². The standard InChI is InChI=1S/C13H16N4O3S2/c1-8(2)15-10(18)6-14-11(19)7-22-13-17-16-12(20-13)9-4-3-5-21-9/h3-5,8H,6-7H2,1-2H3,(H,14,19)(H,15,18). The van der Waals surface area contributed by atoms with Gasteiger partial charge in [-0.1, -0.05) is 17.8 Å². The van der Waals surface area contributed by atoms with Crippen LogP contribution in [0.2, 0.25) is 0 Å². The smallest absolute Gasteiger partial charge is 0.277 e. The number of amides is 2. The third-order valence-corrected chi connectivity index (χ3v) is 4.04. The molecule has 2 aromatic rings. The largest absolute Gasteiger partial charge is 0.410 e. The van der Waals surface area contributed by atoms with Crippen LogP contribution >= 0.6 is 23.1 Å². The predicted molar refractivity (Wildman–Crippen MR) is 84.6 cm³/mol. The Morgan fingerprint density at radius 3 is 2.86 bits per heavy atom. The number of aromatic nitrogens is 2. The molecule has 0 spiro atoms. The van der Waals surface area contributed by atoms with Crippen molar-refractivity contribution in [2.75, 3.05) is 12.3 Å². The van der Waals surface area contributed by atoms with Gasteiger partial charge < -0.3 is 15.1 Å². The van der Waals surface area contributed by atoms with E-state index in [0.717, 1.165) is 16.6 Å². The summed E-state index contributed by atoms with van der Waals surface area (Å²) in [6, 6.07) is 3.83. The molecule has 0 aliphatic heterocycles. The second-order valence-electron chi connectivity index (χ2n) is 4.64. The zero-order valence-corrected chi connectivity index (χ0v) is 13.8. The molecule has 2 amide bonds. The molecular formula is C13H16N4O3S2. The van der Waals surface area contributed by atoms with Crippen LogP contribution in [0.4, 0.5) is 0 Å². The lowest BCUT2D eigenvalue weighted by atomic mass is 10.4. The van der Waals surface area contributed by atoms with Crippen molar-refractivity contribution in [2.45, 2.75) is 25.1 Å². The molecule has 0 fully saturated rings. The monoisotopic (exact) mass is 340 g/mol. The fraction of sp³-hybridized carbons (Fsp3) is 0.385. The number of rotatable bonds is 7. The minimum absolute atomic E-state index is 0.0398. The molecule has 2 heterocycles. The van der Waals surface area contributed by atoms with Crippen molar-refractivity contribution < 1.29 is 14.0 Å². The quantitative estimate of drug-likeness (QED) is 0.742. The maximum atomic E-state index is 11.6. The summed E-state index contributed by atoms with van der Waals surface area (Å²) in [7, 11) is 0. The molecule has 22 heavy (non-hydrogen) atoms. The Balaban J connectivity index is 1.74. The molecule has 9 heteroatoms. The van der Waals surface area contributed by atoms with E-state index in [1.807, 2.05) is 31.4 Å². The lowest BCUT2D eigenvalue weighted by Gasteiger charge is -2.08. The highest BCUT2D eigenvalue weighted by Crippen LogP contribution is 2.26. The third-order valence-electron chi connectivity index (χ3n) is 2.36. The van der Waals surface area contributed by atoms with Gasteiger partial charge in [-0.3, -0.25) is 9.59 Å². The number of hydrogen-bond donors (Lipinski definition) is 2. The van der Waals surface area contributed by atoms with Gasteiger partial charge in [-0.2, -0.15) is 0 Å². The average Bonchev–Trinajstić information content (AvgIpc) is 3.12. The Morgan fingerprint density at radius 1 is 1.36 bits per heavy atom. The SMILES string of the molecule is CC(C)NC(=O)CNC(=O)CSc1nnc(-c2cccs2)o1. The van der Waals surface area contributed by atoms with Crippen molar-refractivity contribution in [3.63, 3.8) is 0 Å². The lowest BCUT2D eigenvalue weighted by Crippen LogP contribution is -2.40. The van der Waals surface area contributed by atoms with Gasteiger partial charge in [-0.05, 0) is 25.3 Å². The Labute approximate surface area is 135 Å². The van der Waals surface area contributed by atoms with E-state index in [1.165, 1.54) is 11.3 Å². The molecule has 0 saturated carbocycles. The van der Waals surface area contributed by atoms with Crippen LogP contribution in [-0.2, 0) is 9.59 Å². The number of carbonyl (C=O) groups is 2. The summed E-state index contributed by atoms with van der Waals surface area (Å²) in [4.78, 5) is 23.9. The van der Waals surface area contributed by atoms with Gasteiger partial charge in [0, 0.05) is 6.04 Å². The molecule has 0 bridgehead atoms. The van der Waals surface area contributed by atoms with Crippen LogP contribution in [0.15, 0.2) is 27.2 Å². The van der Waals surface area contributed by atoms with Crippen molar-refractivity contribution in [3.05, 3.63) is 17.5 Å². The van der Waals surface area contributed by atoms with Crippen LogP contribution in [0.3, 0.4) is 0 Å². The summed E-state index contributed by atoms with van der Waals surface area (Å²) in [5.74, 6) is 0.0706. The molecule has 2 aromatic heterocycles. The number of thioether (sulfide) groups is 1. The van der Waals surface area contributed by atoms with Gasteiger partial charge in [0.25, 0.3) is 11.1 Å². The molecule has 0 unspecified atom stereocenters. The number of thiophene rings is 1. The Kier molecular flexibility index (Phi) is 5.96. The first-order chi connectivity index (χ1) is 10.5. The van der Waals surface area contributed by atoms with E-state index in [9.17, 15) is 9.59 Å². The molecule has 7 nitrogen and oxygen atoms in total. The summed E-state index contributed by atoms with van der Waals surface area (Å²) in [5.41, 5.74) is 0. The molecular weight excluding hydrogens is 324 g/mol. The number of carbonyl (C=O) groups excluding carboxylic acids is 2. The first-order valence-corrected chi connectivity index (χ1v) is 8.47. The molecule has 0 aliphatic carbocycles. The number of nitrogens with zero attached hydrogens (tertiary/aromatic N) is 2. The van der Waals surface area contributed by atoms with Gasteiger partial charge in [-0.15, -0.1) is 21.5 Å². The first-order valence-electron chi connectivity index (χ1n) is 6.61. The van der Waals surface area contributed by atoms with Crippen LogP contribution in [0.1, 0.15) is 13.8 Å². The fourth-order valence-electron chi connectivity index (χ4n) is 1.50. The summed E-state index contributed by atoms with van der Waals surface area (Å²) in [5, 5.41) is 15.3. The molecule has 0 aliphatic rings. The summed E-state index contributed by atoms with van der Waals surface area (Å²) < 4.78 is 5.45. The van der Waals surface area contributed by atoms with Crippen LogP contribution < -0.4 is 10.6 Å². The highest BCUT2D eigenvalue weighted by molar-refractivity contribution is 7.99. The summed E-state index contributed by atoms with van der Waals surface area (Å²) >= 11 is 2.63. The van der Waals surface area contributed by atoms with Gasteiger partial charge in [0.2, 0.25) is 11.8 Å². The number of hydrogen-bond acceptors (Lipinski definition) is 7. The maximum absolute atomic E-state index is 11.6. The second kappa shape index (κ2) is 7.95. The van der Waals surface area contributed by atoms with Crippen LogP contribution in [0.5, 0.6) is 0 Å². The molecule has 0 atom stereocenters. The Bertz CT molecular complexity index is 625. The third kappa shape index (κ3) is 5.15. The van der Waals surface area contributed by atoms with E-state index in [4.69, 9.17) is 4.42 Å². The van der Waals surface area contributed by atoms with Crippen LogP contribution in [0.25, 0.3) is 10.8 Å². The summed E-state index contributed by atoms with van der Waals surface area (Å²) in [6.07, 6.45) is 0. The Hall–Kier alpha value is -1.87. The van der Waals surface area contributed by atoms with E-state index < -0.39 is 0 Å². The molecule has 0 radical (unpaired) electrons. The van der Waals surface area contributed by atoms with Crippen molar-refractivity contribution in [1.29, 1.82) is 0 Å². The van der Waals surface area contributed by atoms with Crippen molar-refractivity contribution in [3.8, 4) is 10.8 Å². The van der Waals surface area contributed by atoms with E-state index in [1.54, 1.807) is 0 Å². The maximum Gasteiger partial charge on any atom is 0.277 e. The zero-order valence-electron chi connectivity index (χ0n) is 12.2. The number of nitrogens with one attached hydrogen (secondary N) is 2. The van der Waals surface area contributed by atoms with E-state index in [-0.39, 0.29) is 30.2 Å². The van der Waals surface area contributed by atoms with Gasteiger partial charge in [0.15, 0.2) is 0 Å². The molecule has 2 rings (SSSR count). The predicted octanol–water partition coefficient (Wildman–Crippen LogP) is 1.53. The van der Waals surface area contributed by atoms with Crippen LogP contribution in [-0.4, -0.2) is 40.4 Å². The normalized spacial score (nSPS) is 10.7. The van der Waals surface area contributed by atoms with Gasteiger partial charge in [0.1, 0.15) is 0 Å². The minimum Gasteiger partial charge on any atom is -0.410 e. The fourth-order valence-corrected chi connectivity index (χ4v) is 2.74. The van der Waals surface area contributed by atoms with Gasteiger partial charge >= 0.3 is 0 Å². The lowest BCUT2D eigenvalue weighted by molar-refractivity contribution is -0.125. The highest BCUT2D eigenvalue weighted by Gasteiger charge is 2.12. The second-order valence-corrected chi connectivity index (χ2v) is 6.51. The van der Waals surface area contributed by atoms with Crippen LogP contribution in [0, 0.1) is 0 Å². The molecule has 2 N–H and O–H groups in total. The van der Waals surface area contributed by atoms with Gasteiger partial charge in [0.05, 0.1) is 17.2 Å². The van der Waals surface area contributed by atoms with E-state index in [0.29, 0.717) is 11.1 Å². The highest BCUT2D eigenvalue weighted by atomic mass is 32.2. The van der Waals surface area contributed by atoms with E-state index in [2.05, 4.69) is 20.8 Å².